The largest absolute Gasteiger partial charge is 0.393 e. The van der Waals surface area contributed by atoms with Crippen molar-refractivity contribution in [1.29, 1.82) is 0 Å². The minimum Gasteiger partial charge on any atom is -0.393 e. The molecule has 100 valence electrons. The molecule has 5 heteroatoms. The normalized spacial score (nSPS) is 14.1. The van der Waals surface area contributed by atoms with Gasteiger partial charge in [0.1, 0.15) is 17.2 Å². The zero-order valence-corrected chi connectivity index (χ0v) is 10.6. The van der Waals surface area contributed by atoms with Crippen molar-refractivity contribution >= 4 is 5.91 Å². The topological polar surface area (TPSA) is 49.3 Å². The molecule has 1 aromatic carbocycles. The lowest BCUT2D eigenvalue weighted by Gasteiger charge is -2.16. The van der Waals surface area contributed by atoms with E-state index in [1.807, 2.05) is 0 Å². The quantitative estimate of drug-likeness (QED) is 0.868. The fourth-order valence-electron chi connectivity index (χ4n) is 1.73. The van der Waals surface area contributed by atoms with Gasteiger partial charge in [-0.1, -0.05) is 6.07 Å². The summed E-state index contributed by atoms with van der Waals surface area (Å²) in [5.41, 5.74) is -0.364. The van der Waals surface area contributed by atoms with E-state index in [1.54, 1.807) is 13.8 Å². The Bertz CT molecular complexity index is 447. The number of halogens is 2. The third-order valence-corrected chi connectivity index (χ3v) is 2.58. The summed E-state index contributed by atoms with van der Waals surface area (Å²) >= 11 is 0. The van der Waals surface area contributed by atoms with Crippen LogP contribution in [0.25, 0.3) is 0 Å². The van der Waals surface area contributed by atoms with E-state index in [9.17, 15) is 13.6 Å². The number of hydrogen-bond acceptors (Lipinski definition) is 2. The van der Waals surface area contributed by atoms with E-state index in [1.165, 1.54) is 13.0 Å². The van der Waals surface area contributed by atoms with E-state index < -0.39 is 29.2 Å². The molecule has 1 rings (SSSR count). The summed E-state index contributed by atoms with van der Waals surface area (Å²) in [7, 11) is 0. The molecule has 18 heavy (non-hydrogen) atoms. The Morgan fingerprint density at radius 1 is 1.39 bits per heavy atom. The maximum absolute atomic E-state index is 13.7. The predicted octanol–water partition coefficient (Wildman–Crippen LogP) is 2.16. The van der Waals surface area contributed by atoms with Crippen LogP contribution in [0.5, 0.6) is 0 Å². The molecule has 0 spiro atoms. The molecule has 0 bridgehead atoms. The van der Waals surface area contributed by atoms with Gasteiger partial charge >= 0.3 is 0 Å². The lowest BCUT2D eigenvalue weighted by molar-refractivity contribution is 0.0914. The van der Waals surface area contributed by atoms with E-state index >= 15 is 0 Å². The summed E-state index contributed by atoms with van der Waals surface area (Å²) in [4.78, 5) is 11.8. The van der Waals surface area contributed by atoms with Crippen LogP contribution >= 0.6 is 0 Å². The van der Waals surface area contributed by atoms with Crippen LogP contribution in [0.15, 0.2) is 12.1 Å². The maximum atomic E-state index is 13.7. The fraction of sp³-hybridized carbons (Fsp3) is 0.462. The highest BCUT2D eigenvalue weighted by Gasteiger charge is 2.20. The van der Waals surface area contributed by atoms with Gasteiger partial charge in [-0.2, -0.15) is 0 Å². The average molecular weight is 257 g/mol. The van der Waals surface area contributed by atoms with Crippen LogP contribution in [-0.4, -0.2) is 23.2 Å². The molecule has 0 heterocycles. The molecule has 0 aliphatic carbocycles. The number of aliphatic hydroxyl groups is 1. The summed E-state index contributed by atoms with van der Waals surface area (Å²) in [6, 6.07) is 1.98. The second-order valence-electron chi connectivity index (χ2n) is 4.51. The molecular formula is C13H17F2NO2. The molecule has 1 amide bonds. The minimum atomic E-state index is -0.889. The van der Waals surface area contributed by atoms with Crippen molar-refractivity contribution in [3.8, 4) is 0 Å². The van der Waals surface area contributed by atoms with E-state index in [0.717, 1.165) is 6.07 Å². The Balaban J connectivity index is 2.88. The van der Waals surface area contributed by atoms with Gasteiger partial charge in [-0.15, -0.1) is 0 Å². The summed E-state index contributed by atoms with van der Waals surface area (Å²) in [6.45, 7) is 4.71. The molecule has 0 saturated carbocycles. The smallest absolute Gasteiger partial charge is 0.257 e. The van der Waals surface area contributed by atoms with Crippen LogP contribution in [0.4, 0.5) is 8.78 Å². The number of carbonyl (C=O) groups excluding carboxylic acids is 1. The lowest BCUT2D eigenvalue weighted by atomic mass is 10.1. The second kappa shape index (κ2) is 5.91. The molecule has 0 aliphatic rings. The van der Waals surface area contributed by atoms with Gasteiger partial charge in [0.15, 0.2) is 0 Å². The molecule has 2 unspecified atom stereocenters. The SMILES string of the molecule is Cc1ccc(F)c(C(=O)NC(C)CC(C)O)c1F. The Labute approximate surface area is 105 Å². The second-order valence-corrected chi connectivity index (χ2v) is 4.51. The van der Waals surface area contributed by atoms with Crippen LogP contribution in [0, 0.1) is 18.6 Å². The number of amides is 1. The van der Waals surface area contributed by atoms with Crippen LogP contribution in [0.3, 0.4) is 0 Å². The molecule has 2 atom stereocenters. The van der Waals surface area contributed by atoms with Crippen LogP contribution in [0.1, 0.15) is 36.2 Å². The Morgan fingerprint density at radius 2 is 2.00 bits per heavy atom. The molecule has 3 nitrogen and oxygen atoms in total. The monoisotopic (exact) mass is 257 g/mol. The van der Waals surface area contributed by atoms with Crippen molar-refractivity contribution in [3.63, 3.8) is 0 Å². The first-order chi connectivity index (χ1) is 8.32. The van der Waals surface area contributed by atoms with Crippen LogP contribution < -0.4 is 5.32 Å². The summed E-state index contributed by atoms with van der Waals surface area (Å²) in [5.74, 6) is -2.54. The summed E-state index contributed by atoms with van der Waals surface area (Å²) in [5, 5.41) is 11.6. The van der Waals surface area contributed by atoms with Gasteiger partial charge in [-0.05, 0) is 38.8 Å². The Morgan fingerprint density at radius 3 is 2.56 bits per heavy atom. The van der Waals surface area contributed by atoms with Crippen molar-refractivity contribution in [2.45, 2.75) is 39.3 Å². The highest BCUT2D eigenvalue weighted by Crippen LogP contribution is 2.16. The summed E-state index contributed by atoms with van der Waals surface area (Å²) < 4.78 is 27.1. The lowest BCUT2D eigenvalue weighted by Crippen LogP contribution is -2.35. The number of hydrogen-bond donors (Lipinski definition) is 2. The molecular weight excluding hydrogens is 240 g/mol. The number of rotatable bonds is 4. The Hall–Kier alpha value is -1.49. The summed E-state index contributed by atoms with van der Waals surface area (Å²) in [6.07, 6.45) is -0.270. The van der Waals surface area contributed by atoms with Crippen molar-refractivity contribution in [1.82, 2.24) is 5.32 Å². The molecule has 0 aliphatic heterocycles. The highest BCUT2D eigenvalue weighted by molar-refractivity contribution is 5.95. The number of benzene rings is 1. The van der Waals surface area contributed by atoms with E-state index in [0.29, 0.717) is 6.42 Å². The standard InChI is InChI=1S/C13H17F2NO2/c1-7-4-5-10(14)11(12(7)15)13(18)16-8(2)6-9(3)17/h4-5,8-9,17H,6H2,1-3H3,(H,16,18). The van der Waals surface area contributed by atoms with E-state index in [-0.39, 0.29) is 11.6 Å². The number of nitrogens with one attached hydrogen (secondary N) is 1. The van der Waals surface area contributed by atoms with Gasteiger partial charge in [0.05, 0.1) is 6.10 Å². The molecule has 1 aromatic rings. The van der Waals surface area contributed by atoms with Gasteiger partial charge < -0.3 is 10.4 Å². The van der Waals surface area contributed by atoms with Gasteiger partial charge in [0.2, 0.25) is 0 Å². The highest BCUT2D eigenvalue weighted by atomic mass is 19.1. The van der Waals surface area contributed by atoms with Crippen molar-refractivity contribution in [2.75, 3.05) is 0 Å². The molecule has 2 N–H and O–H groups in total. The molecule has 0 fully saturated rings. The first-order valence-corrected chi connectivity index (χ1v) is 5.76. The number of aliphatic hydroxyl groups excluding tert-OH is 1. The third-order valence-electron chi connectivity index (χ3n) is 2.58. The minimum absolute atomic E-state index is 0.213. The molecule has 0 radical (unpaired) electrons. The van der Waals surface area contributed by atoms with Crippen LogP contribution in [0.2, 0.25) is 0 Å². The first kappa shape index (κ1) is 14.6. The fourth-order valence-corrected chi connectivity index (χ4v) is 1.73. The first-order valence-electron chi connectivity index (χ1n) is 5.76. The van der Waals surface area contributed by atoms with Gasteiger partial charge in [-0.3, -0.25) is 4.79 Å². The third kappa shape index (κ3) is 3.50. The average Bonchev–Trinajstić information content (AvgIpc) is 2.22. The van der Waals surface area contributed by atoms with E-state index in [4.69, 9.17) is 5.11 Å². The van der Waals surface area contributed by atoms with Gasteiger partial charge in [-0.25, -0.2) is 8.78 Å². The molecule has 0 aromatic heterocycles. The number of aryl methyl sites for hydroxylation is 1. The van der Waals surface area contributed by atoms with Crippen molar-refractivity contribution in [2.24, 2.45) is 0 Å². The Kier molecular flexibility index (Phi) is 4.78. The maximum Gasteiger partial charge on any atom is 0.257 e. The van der Waals surface area contributed by atoms with Crippen molar-refractivity contribution in [3.05, 3.63) is 34.9 Å². The van der Waals surface area contributed by atoms with Gasteiger partial charge in [0.25, 0.3) is 5.91 Å². The van der Waals surface area contributed by atoms with E-state index in [2.05, 4.69) is 5.32 Å². The predicted molar refractivity (Wildman–Crippen MR) is 64.3 cm³/mol. The zero-order valence-electron chi connectivity index (χ0n) is 10.6. The molecule has 0 saturated heterocycles. The van der Waals surface area contributed by atoms with Gasteiger partial charge in [0, 0.05) is 6.04 Å². The van der Waals surface area contributed by atoms with Crippen molar-refractivity contribution < 1.29 is 18.7 Å². The number of carbonyl (C=O) groups is 1. The van der Waals surface area contributed by atoms with Crippen LogP contribution in [-0.2, 0) is 0 Å². The zero-order chi connectivity index (χ0) is 13.9.